The van der Waals surface area contributed by atoms with Crippen molar-refractivity contribution in [2.45, 2.75) is 18.4 Å². The third kappa shape index (κ3) is 3.89. The van der Waals surface area contributed by atoms with Crippen LogP contribution in [0.5, 0.6) is 5.75 Å². The van der Waals surface area contributed by atoms with Crippen LogP contribution in [0.1, 0.15) is 18.4 Å². The number of rotatable bonds is 5. The first-order valence-corrected chi connectivity index (χ1v) is 9.04. The molecule has 0 aliphatic carbocycles. The van der Waals surface area contributed by atoms with Gasteiger partial charge in [-0.15, -0.1) is 0 Å². The molecule has 1 heterocycles. The van der Waals surface area contributed by atoms with Gasteiger partial charge in [0.1, 0.15) is 5.75 Å². The molecule has 2 aromatic carbocycles. The number of carbonyl (C=O) groups excluding carboxylic acids is 1. The highest BCUT2D eigenvalue weighted by Crippen LogP contribution is 2.37. The first kappa shape index (κ1) is 18.4. The molecule has 0 unspecified atom stereocenters. The fourth-order valence-electron chi connectivity index (χ4n) is 3.80. The van der Waals surface area contributed by atoms with Crippen molar-refractivity contribution in [3.63, 3.8) is 0 Å². The van der Waals surface area contributed by atoms with Crippen LogP contribution in [0.15, 0.2) is 54.6 Å². The number of piperidine rings is 1. The predicted molar refractivity (Wildman–Crippen MR) is 104 cm³/mol. The van der Waals surface area contributed by atoms with Crippen molar-refractivity contribution in [2.24, 2.45) is 0 Å². The van der Waals surface area contributed by atoms with Gasteiger partial charge in [0.15, 0.2) is 0 Å². The van der Waals surface area contributed by atoms with Crippen LogP contribution in [0.3, 0.4) is 0 Å². The van der Waals surface area contributed by atoms with Gasteiger partial charge < -0.3 is 10.4 Å². The second kappa shape index (κ2) is 7.89. The third-order valence-corrected chi connectivity index (χ3v) is 5.40. The van der Waals surface area contributed by atoms with Crippen molar-refractivity contribution < 1.29 is 9.90 Å². The zero-order valence-corrected chi connectivity index (χ0v) is 15.5. The Morgan fingerprint density at radius 1 is 1.08 bits per heavy atom. The molecule has 0 aromatic heterocycles. The molecule has 0 bridgehead atoms. The van der Waals surface area contributed by atoms with Crippen LogP contribution in [0.25, 0.3) is 0 Å². The number of amides is 1. The number of phenolic OH excluding ortho intramolecular Hbond substituents is 1. The number of hydrogen-bond acceptors (Lipinski definition) is 4. The molecule has 2 N–H and O–H groups in total. The Hall–Kier alpha value is -2.37. The van der Waals surface area contributed by atoms with Gasteiger partial charge in [-0.1, -0.05) is 42.5 Å². The first-order valence-electron chi connectivity index (χ1n) is 9.04. The highest BCUT2D eigenvalue weighted by molar-refractivity contribution is 5.93. The molecule has 0 spiro atoms. The van der Waals surface area contributed by atoms with Crippen LogP contribution in [0.4, 0.5) is 5.69 Å². The summed E-state index contributed by atoms with van der Waals surface area (Å²) in [7, 11) is 4.26. The van der Waals surface area contributed by atoms with Gasteiger partial charge in [0.05, 0.1) is 12.2 Å². The number of nitrogens with one attached hydrogen (secondary N) is 1. The zero-order chi connectivity index (χ0) is 18.6. The van der Waals surface area contributed by atoms with E-state index in [1.54, 1.807) is 24.3 Å². The number of hydrogen-bond donors (Lipinski definition) is 2. The minimum atomic E-state index is -0.0939. The van der Waals surface area contributed by atoms with E-state index in [0.29, 0.717) is 12.2 Å². The summed E-state index contributed by atoms with van der Waals surface area (Å²) in [4.78, 5) is 16.8. The van der Waals surface area contributed by atoms with Gasteiger partial charge in [-0.05, 0) is 44.6 Å². The van der Waals surface area contributed by atoms with E-state index in [4.69, 9.17) is 0 Å². The Kier molecular flexibility index (Phi) is 5.59. The van der Waals surface area contributed by atoms with Gasteiger partial charge in [-0.2, -0.15) is 0 Å². The molecule has 138 valence electrons. The minimum absolute atomic E-state index is 0.0198. The highest BCUT2D eigenvalue weighted by atomic mass is 16.3. The number of nitrogens with zero attached hydrogens (tertiary/aromatic N) is 2. The van der Waals surface area contributed by atoms with E-state index in [9.17, 15) is 9.90 Å². The van der Waals surface area contributed by atoms with Crippen molar-refractivity contribution >= 4 is 11.6 Å². The summed E-state index contributed by atoms with van der Waals surface area (Å²) in [5.74, 6) is -0.00115. The number of benzene rings is 2. The molecular formula is C21H27N3O2. The molecule has 1 amide bonds. The van der Waals surface area contributed by atoms with E-state index in [0.717, 1.165) is 25.9 Å². The van der Waals surface area contributed by atoms with Crippen LogP contribution in [0.2, 0.25) is 0 Å². The third-order valence-electron chi connectivity index (χ3n) is 5.40. The molecule has 1 fully saturated rings. The topological polar surface area (TPSA) is 55.8 Å². The summed E-state index contributed by atoms with van der Waals surface area (Å²) in [6, 6.07) is 17.4. The van der Waals surface area contributed by atoms with Crippen molar-refractivity contribution in [1.82, 2.24) is 9.80 Å². The van der Waals surface area contributed by atoms with Gasteiger partial charge in [-0.3, -0.25) is 14.6 Å². The molecule has 1 aliphatic heterocycles. The summed E-state index contributed by atoms with van der Waals surface area (Å²) in [6.07, 6.45) is 1.96. The molecule has 26 heavy (non-hydrogen) atoms. The monoisotopic (exact) mass is 353 g/mol. The van der Waals surface area contributed by atoms with Gasteiger partial charge in [-0.25, -0.2) is 0 Å². The Labute approximate surface area is 155 Å². The number of para-hydroxylation sites is 2. The Bertz CT molecular complexity index is 738. The second-order valence-corrected chi connectivity index (χ2v) is 7.13. The van der Waals surface area contributed by atoms with Crippen molar-refractivity contribution in [3.05, 3.63) is 60.2 Å². The van der Waals surface area contributed by atoms with Gasteiger partial charge in [0, 0.05) is 18.6 Å². The largest absolute Gasteiger partial charge is 0.506 e. The van der Waals surface area contributed by atoms with Crippen molar-refractivity contribution in [2.75, 3.05) is 39.0 Å². The summed E-state index contributed by atoms with van der Waals surface area (Å²) >= 11 is 0. The molecule has 0 atom stereocenters. The van der Waals surface area contributed by atoms with E-state index in [1.165, 1.54) is 5.56 Å². The van der Waals surface area contributed by atoms with Crippen LogP contribution < -0.4 is 5.32 Å². The molecule has 1 saturated heterocycles. The lowest BCUT2D eigenvalue weighted by molar-refractivity contribution is -0.118. The fraction of sp³-hybridized carbons (Fsp3) is 0.381. The molecule has 0 saturated carbocycles. The molecule has 3 rings (SSSR count). The smallest absolute Gasteiger partial charge is 0.238 e. The highest BCUT2D eigenvalue weighted by Gasteiger charge is 2.38. The number of anilines is 1. The quantitative estimate of drug-likeness (QED) is 0.812. The first-order chi connectivity index (χ1) is 12.5. The lowest BCUT2D eigenvalue weighted by atomic mass is 9.80. The van der Waals surface area contributed by atoms with E-state index < -0.39 is 0 Å². The minimum Gasteiger partial charge on any atom is -0.506 e. The normalized spacial score (nSPS) is 17.2. The van der Waals surface area contributed by atoms with Crippen molar-refractivity contribution in [3.8, 4) is 5.75 Å². The van der Waals surface area contributed by atoms with Crippen LogP contribution in [0, 0.1) is 0 Å². The molecule has 0 radical (unpaired) electrons. The number of likely N-dealkylation sites (tertiary alicyclic amines) is 1. The summed E-state index contributed by atoms with van der Waals surface area (Å²) in [5, 5.41) is 12.6. The Morgan fingerprint density at radius 2 is 1.69 bits per heavy atom. The predicted octanol–water partition coefficient (Wildman–Crippen LogP) is 2.88. The number of carbonyl (C=O) groups is 1. The van der Waals surface area contributed by atoms with Gasteiger partial charge in [0.2, 0.25) is 5.91 Å². The van der Waals surface area contributed by atoms with E-state index in [2.05, 4.69) is 53.5 Å². The van der Waals surface area contributed by atoms with Crippen LogP contribution in [-0.4, -0.2) is 54.5 Å². The fourth-order valence-corrected chi connectivity index (χ4v) is 3.80. The lowest BCUT2D eigenvalue weighted by Crippen LogP contribution is -2.51. The van der Waals surface area contributed by atoms with Crippen LogP contribution >= 0.6 is 0 Å². The Balaban J connectivity index is 1.61. The maximum Gasteiger partial charge on any atom is 0.238 e. The van der Waals surface area contributed by atoms with Gasteiger partial charge >= 0.3 is 0 Å². The molecular weight excluding hydrogens is 326 g/mol. The van der Waals surface area contributed by atoms with Crippen LogP contribution in [-0.2, 0) is 10.3 Å². The summed E-state index contributed by atoms with van der Waals surface area (Å²) in [5.41, 5.74) is 1.82. The van der Waals surface area contributed by atoms with E-state index in [-0.39, 0.29) is 17.2 Å². The average Bonchev–Trinajstić information content (AvgIpc) is 2.65. The molecule has 5 heteroatoms. The SMILES string of the molecule is CN(C)C1(c2ccccc2)CCN(CC(=O)Nc2ccccc2O)CC1. The molecule has 2 aromatic rings. The standard InChI is InChI=1S/C21H27N3O2/c1-23(2)21(17-8-4-3-5-9-17)12-14-24(15-13-21)16-20(26)22-18-10-6-7-11-19(18)25/h3-11,25H,12-16H2,1-2H3,(H,22,26). The summed E-state index contributed by atoms with van der Waals surface area (Å²) in [6.45, 7) is 2.06. The van der Waals surface area contributed by atoms with E-state index >= 15 is 0 Å². The Morgan fingerprint density at radius 3 is 2.31 bits per heavy atom. The number of aromatic hydroxyl groups is 1. The summed E-state index contributed by atoms with van der Waals surface area (Å²) < 4.78 is 0. The van der Waals surface area contributed by atoms with E-state index in [1.807, 2.05) is 6.07 Å². The molecule has 5 nitrogen and oxygen atoms in total. The van der Waals surface area contributed by atoms with Gasteiger partial charge in [0.25, 0.3) is 0 Å². The maximum absolute atomic E-state index is 12.3. The maximum atomic E-state index is 12.3. The second-order valence-electron chi connectivity index (χ2n) is 7.13. The molecule has 1 aliphatic rings. The average molecular weight is 353 g/mol. The van der Waals surface area contributed by atoms with Crippen molar-refractivity contribution in [1.29, 1.82) is 0 Å². The number of phenols is 1. The lowest BCUT2D eigenvalue weighted by Gasteiger charge is -2.46. The zero-order valence-electron chi connectivity index (χ0n) is 15.5.